The Balaban J connectivity index is 2.49. The van der Waals surface area contributed by atoms with Gasteiger partial charge in [0.15, 0.2) is 11.5 Å². The predicted octanol–water partition coefficient (Wildman–Crippen LogP) is 2.86. The first-order chi connectivity index (χ1) is 9.52. The normalized spacial score (nSPS) is 17.0. The van der Waals surface area contributed by atoms with Crippen LogP contribution in [0.3, 0.4) is 0 Å². The monoisotopic (exact) mass is 272 g/mol. The summed E-state index contributed by atoms with van der Waals surface area (Å²) in [7, 11) is 0. The topological polar surface area (TPSA) is 59.7 Å². The van der Waals surface area contributed by atoms with Gasteiger partial charge in [-0.3, -0.25) is 0 Å². The first-order valence-corrected chi connectivity index (χ1v) is 6.61. The SMILES string of the molecule is C=CCc1c(O)c2c(c3oc(=O)cc(C)c13)C[C@H](C)O2. The number of benzene rings is 1. The lowest BCUT2D eigenvalue weighted by Gasteiger charge is -2.13. The molecule has 1 aliphatic rings. The van der Waals surface area contributed by atoms with Gasteiger partial charge in [-0.05, 0) is 25.8 Å². The Morgan fingerprint density at radius 1 is 1.55 bits per heavy atom. The number of allylic oxidation sites excluding steroid dienone is 1. The lowest BCUT2D eigenvalue weighted by atomic mass is 9.96. The third-order valence-corrected chi connectivity index (χ3v) is 3.67. The van der Waals surface area contributed by atoms with E-state index in [1.165, 1.54) is 6.07 Å². The minimum Gasteiger partial charge on any atom is -0.504 e. The van der Waals surface area contributed by atoms with Crippen LogP contribution in [0.25, 0.3) is 11.0 Å². The van der Waals surface area contributed by atoms with Crippen LogP contribution in [0.1, 0.15) is 23.6 Å². The quantitative estimate of drug-likeness (QED) is 0.674. The second-order valence-corrected chi connectivity index (χ2v) is 5.21. The van der Waals surface area contributed by atoms with Crippen molar-refractivity contribution in [1.29, 1.82) is 0 Å². The second kappa shape index (κ2) is 4.40. The van der Waals surface area contributed by atoms with Gasteiger partial charge in [0.1, 0.15) is 11.7 Å². The van der Waals surface area contributed by atoms with Crippen molar-refractivity contribution in [2.24, 2.45) is 0 Å². The van der Waals surface area contributed by atoms with Gasteiger partial charge in [0, 0.05) is 29.0 Å². The molecule has 2 heterocycles. The van der Waals surface area contributed by atoms with Gasteiger partial charge < -0.3 is 14.3 Å². The number of phenolic OH excluding ortho intramolecular Hbond substituents is 1. The molecule has 0 bridgehead atoms. The maximum atomic E-state index is 11.6. The summed E-state index contributed by atoms with van der Waals surface area (Å²) in [6.07, 6.45) is 2.79. The number of ether oxygens (including phenoxy) is 1. The van der Waals surface area contributed by atoms with Crippen molar-refractivity contribution >= 4 is 11.0 Å². The first-order valence-electron chi connectivity index (χ1n) is 6.61. The number of phenols is 1. The van der Waals surface area contributed by atoms with Crippen molar-refractivity contribution in [3.63, 3.8) is 0 Å². The highest BCUT2D eigenvalue weighted by Gasteiger charge is 2.30. The van der Waals surface area contributed by atoms with E-state index in [4.69, 9.17) is 9.15 Å². The number of hydrogen-bond acceptors (Lipinski definition) is 4. The van der Waals surface area contributed by atoms with E-state index in [-0.39, 0.29) is 17.5 Å². The number of hydrogen-bond donors (Lipinski definition) is 1. The Morgan fingerprint density at radius 2 is 2.30 bits per heavy atom. The third kappa shape index (κ3) is 1.72. The van der Waals surface area contributed by atoms with E-state index in [2.05, 4.69) is 6.58 Å². The molecule has 104 valence electrons. The molecule has 0 fully saturated rings. The summed E-state index contributed by atoms with van der Waals surface area (Å²) in [4.78, 5) is 11.6. The highest BCUT2D eigenvalue weighted by atomic mass is 16.5. The second-order valence-electron chi connectivity index (χ2n) is 5.21. The molecule has 1 aromatic heterocycles. The van der Waals surface area contributed by atoms with Crippen molar-refractivity contribution < 1.29 is 14.3 Å². The molecule has 0 radical (unpaired) electrons. The Morgan fingerprint density at radius 3 is 3.00 bits per heavy atom. The highest BCUT2D eigenvalue weighted by Crippen LogP contribution is 2.46. The number of fused-ring (bicyclic) bond motifs is 3. The highest BCUT2D eigenvalue weighted by molar-refractivity contribution is 5.92. The van der Waals surface area contributed by atoms with E-state index in [1.54, 1.807) is 6.08 Å². The van der Waals surface area contributed by atoms with E-state index < -0.39 is 0 Å². The maximum Gasteiger partial charge on any atom is 0.336 e. The van der Waals surface area contributed by atoms with Crippen LogP contribution >= 0.6 is 0 Å². The molecule has 0 aliphatic carbocycles. The molecule has 0 amide bonds. The van der Waals surface area contributed by atoms with E-state index in [0.717, 1.165) is 16.5 Å². The van der Waals surface area contributed by atoms with Crippen molar-refractivity contribution in [3.8, 4) is 11.5 Å². The Labute approximate surface area is 116 Å². The average molecular weight is 272 g/mol. The summed E-state index contributed by atoms with van der Waals surface area (Å²) in [6.45, 7) is 7.48. The number of rotatable bonds is 2. The lowest BCUT2D eigenvalue weighted by molar-refractivity contribution is 0.245. The van der Waals surface area contributed by atoms with Crippen LogP contribution in [0.15, 0.2) is 27.9 Å². The van der Waals surface area contributed by atoms with Gasteiger partial charge in [0.2, 0.25) is 0 Å². The molecule has 1 N–H and O–H groups in total. The van der Waals surface area contributed by atoms with Crippen LogP contribution < -0.4 is 10.4 Å². The minimum atomic E-state index is -0.382. The van der Waals surface area contributed by atoms with Crippen molar-refractivity contribution in [1.82, 2.24) is 0 Å². The molecule has 1 atom stereocenters. The van der Waals surface area contributed by atoms with Crippen molar-refractivity contribution in [2.75, 3.05) is 0 Å². The molecular weight excluding hydrogens is 256 g/mol. The fraction of sp³-hybridized carbons (Fsp3) is 0.312. The molecule has 3 rings (SSSR count). The summed E-state index contributed by atoms with van der Waals surface area (Å²) >= 11 is 0. The van der Waals surface area contributed by atoms with Crippen LogP contribution in [0, 0.1) is 6.92 Å². The molecule has 0 saturated heterocycles. The summed E-state index contributed by atoms with van der Waals surface area (Å²) < 4.78 is 11.1. The predicted molar refractivity (Wildman–Crippen MR) is 76.6 cm³/mol. The zero-order chi connectivity index (χ0) is 14.4. The molecule has 20 heavy (non-hydrogen) atoms. The number of aromatic hydroxyl groups is 1. The molecule has 2 aromatic rings. The largest absolute Gasteiger partial charge is 0.504 e. The number of aryl methyl sites for hydroxylation is 1. The minimum absolute atomic E-state index is 0.0381. The van der Waals surface area contributed by atoms with Crippen LogP contribution in [0.2, 0.25) is 0 Å². The fourth-order valence-corrected chi connectivity index (χ4v) is 2.88. The zero-order valence-electron chi connectivity index (χ0n) is 11.5. The van der Waals surface area contributed by atoms with Crippen LogP contribution in [0.5, 0.6) is 11.5 Å². The van der Waals surface area contributed by atoms with Gasteiger partial charge in [-0.25, -0.2) is 4.79 Å². The smallest absolute Gasteiger partial charge is 0.336 e. The third-order valence-electron chi connectivity index (χ3n) is 3.67. The van der Waals surface area contributed by atoms with Crippen LogP contribution in [-0.4, -0.2) is 11.2 Å². The molecule has 1 aromatic carbocycles. The summed E-state index contributed by atoms with van der Waals surface area (Å²) in [5, 5.41) is 11.2. The Kier molecular flexibility index (Phi) is 2.82. The molecule has 0 saturated carbocycles. The molecule has 0 unspecified atom stereocenters. The Bertz CT molecular complexity index is 770. The van der Waals surface area contributed by atoms with Crippen molar-refractivity contribution in [2.45, 2.75) is 32.8 Å². The van der Waals surface area contributed by atoms with E-state index >= 15 is 0 Å². The summed E-state index contributed by atoms with van der Waals surface area (Å²) in [5.41, 5.74) is 2.42. The van der Waals surface area contributed by atoms with Crippen LogP contribution in [0.4, 0.5) is 0 Å². The van der Waals surface area contributed by atoms with E-state index in [1.807, 2.05) is 13.8 Å². The molecule has 4 heteroatoms. The maximum absolute atomic E-state index is 11.6. The van der Waals surface area contributed by atoms with Gasteiger partial charge >= 0.3 is 5.63 Å². The standard InChI is InChI=1S/C16H16O4/c1-4-5-10-13-8(2)6-12(17)20-15(13)11-7-9(3)19-16(11)14(10)18/h4,6,9,18H,1,5,7H2,2-3H3/t9-/m0/s1. The zero-order valence-corrected chi connectivity index (χ0v) is 11.5. The molecular formula is C16H16O4. The molecule has 4 nitrogen and oxygen atoms in total. The van der Waals surface area contributed by atoms with E-state index in [9.17, 15) is 9.90 Å². The fourth-order valence-electron chi connectivity index (χ4n) is 2.88. The molecule has 0 spiro atoms. The van der Waals surface area contributed by atoms with Crippen molar-refractivity contribution in [3.05, 3.63) is 45.8 Å². The van der Waals surface area contributed by atoms with Gasteiger partial charge in [-0.2, -0.15) is 0 Å². The van der Waals surface area contributed by atoms with Gasteiger partial charge in [-0.1, -0.05) is 6.08 Å². The lowest BCUT2D eigenvalue weighted by Crippen LogP contribution is -2.05. The molecule has 1 aliphatic heterocycles. The first kappa shape index (κ1) is 12.8. The van der Waals surface area contributed by atoms with E-state index in [0.29, 0.717) is 29.7 Å². The van der Waals surface area contributed by atoms with Gasteiger partial charge in [-0.15, -0.1) is 6.58 Å². The van der Waals surface area contributed by atoms with Gasteiger partial charge in [0.05, 0.1) is 0 Å². The summed E-state index contributed by atoms with van der Waals surface area (Å²) in [5.74, 6) is 0.573. The van der Waals surface area contributed by atoms with Gasteiger partial charge in [0.25, 0.3) is 0 Å². The van der Waals surface area contributed by atoms with Crippen LogP contribution in [-0.2, 0) is 12.8 Å². The average Bonchev–Trinajstić information content (AvgIpc) is 2.76. The Hall–Kier alpha value is -2.23. The summed E-state index contributed by atoms with van der Waals surface area (Å²) in [6, 6.07) is 1.44.